The summed E-state index contributed by atoms with van der Waals surface area (Å²) in [5, 5.41) is 6.24. The van der Waals surface area contributed by atoms with Crippen molar-refractivity contribution < 1.29 is 9.53 Å². The van der Waals surface area contributed by atoms with Gasteiger partial charge in [-0.3, -0.25) is 9.69 Å². The van der Waals surface area contributed by atoms with E-state index in [1.165, 1.54) is 11.1 Å². The van der Waals surface area contributed by atoms with Gasteiger partial charge in [0, 0.05) is 38.8 Å². The Morgan fingerprint density at radius 1 is 1.19 bits per heavy atom. The van der Waals surface area contributed by atoms with E-state index in [1.807, 2.05) is 12.1 Å². The van der Waals surface area contributed by atoms with E-state index in [9.17, 15) is 4.79 Å². The molecule has 0 atom stereocenters. The molecule has 0 spiro atoms. The highest BCUT2D eigenvalue weighted by Crippen LogP contribution is 2.12. The lowest BCUT2D eigenvalue weighted by Gasteiger charge is -2.26. The van der Waals surface area contributed by atoms with E-state index in [1.54, 1.807) is 13.0 Å². The van der Waals surface area contributed by atoms with Crippen molar-refractivity contribution in [1.82, 2.24) is 20.2 Å². The van der Waals surface area contributed by atoms with Crippen molar-refractivity contribution in [2.45, 2.75) is 20.4 Å². The van der Waals surface area contributed by atoms with Gasteiger partial charge >= 0.3 is 0 Å². The number of nitrogens with zero attached hydrogens (tertiary/aromatic N) is 3. The molecule has 7 nitrogen and oxygen atoms in total. The van der Waals surface area contributed by atoms with E-state index in [-0.39, 0.29) is 5.91 Å². The molecular formula is C20H27N5O2. The maximum Gasteiger partial charge on any atom is 0.270 e. The van der Waals surface area contributed by atoms with Crippen LogP contribution in [-0.4, -0.2) is 60.2 Å². The number of morpholine rings is 1. The molecule has 1 aliphatic rings. The summed E-state index contributed by atoms with van der Waals surface area (Å²) in [5.74, 6) is 1.06. The highest BCUT2D eigenvalue weighted by Gasteiger charge is 2.13. The minimum atomic E-state index is -0.173. The minimum absolute atomic E-state index is 0.173. The lowest BCUT2D eigenvalue weighted by Crippen LogP contribution is -2.41. The number of amides is 1. The SMILES string of the molecule is Cc1nc(NCc2ccccc2C)cc(C(=O)NCCN2CCOCC2)n1. The number of aromatic nitrogens is 2. The molecule has 27 heavy (non-hydrogen) atoms. The molecule has 1 saturated heterocycles. The maximum atomic E-state index is 12.4. The van der Waals surface area contributed by atoms with Crippen molar-refractivity contribution in [3.05, 3.63) is 53.0 Å². The zero-order chi connectivity index (χ0) is 19.1. The van der Waals surface area contributed by atoms with E-state index >= 15 is 0 Å². The number of anilines is 1. The number of carbonyl (C=O) groups is 1. The highest BCUT2D eigenvalue weighted by molar-refractivity contribution is 5.92. The molecule has 1 amide bonds. The largest absolute Gasteiger partial charge is 0.379 e. The number of benzene rings is 1. The fraction of sp³-hybridized carbons (Fsp3) is 0.450. The van der Waals surface area contributed by atoms with Crippen LogP contribution in [0.2, 0.25) is 0 Å². The van der Waals surface area contributed by atoms with E-state index < -0.39 is 0 Å². The van der Waals surface area contributed by atoms with Crippen LogP contribution in [0, 0.1) is 13.8 Å². The summed E-state index contributed by atoms with van der Waals surface area (Å²) in [6.45, 7) is 9.28. The Labute approximate surface area is 160 Å². The first-order valence-electron chi connectivity index (χ1n) is 9.34. The van der Waals surface area contributed by atoms with Crippen LogP contribution >= 0.6 is 0 Å². The van der Waals surface area contributed by atoms with Gasteiger partial charge in [-0.25, -0.2) is 9.97 Å². The van der Waals surface area contributed by atoms with Crippen LogP contribution < -0.4 is 10.6 Å². The Kier molecular flexibility index (Phi) is 6.73. The third kappa shape index (κ3) is 5.74. The van der Waals surface area contributed by atoms with E-state index in [0.29, 0.717) is 30.4 Å². The van der Waals surface area contributed by atoms with Gasteiger partial charge in [0.05, 0.1) is 13.2 Å². The van der Waals surface area contributed by atoms with Gasteiger partial charge in [-0.15, -0.1) is 0 Å². The standard InChI is InChI=1S/C20H27N5O2/c1-15-5-3-4-6-17(15)14-22-19-13-18(23-16(2)24-19)20(26)21-7-8-25-9-11-27-12-10-25/h3-6,13H,7-12,14H2,1-2H3,(H,21,26)(H,22,23,24). The van der Waals surface area contributed by atoms with E-state index in [2.05, 4.69) is 44.6 Å². The first-order chi connectivity index (χ1) is 13.1. The summed E-state index contributed by atoms with van der Waals surface area (Å²) in [7, 11) is 0. The Morgan fingerprint density at radius 2 is 1.96 bits per heavy atom. The molecule has 1 aliphatic heterocycles. The smallest absolute Gasteiger partial charge is 0.270 e. The lowest BCUT2D eigenvalue weighted by atomic mass is 10.1. The molecule has 1 aromatic carbocycles. The van der Waals surface area contributed by atoms with Crippen molar-refractivity contribution in [3.63, 3.8) is 0 Å². The number of rotatable bonds is 7. The molecule has 0 saturated carbocycles. The van der Waals surface area contributed by atoms with Crippen LogP contribution in [0.1, 0.15) is 27.4 Å². The van der Waals surface area contributed by atoms with Gasteiger partial charge in [0.2, 0.25) is 0 Å². The molecule has 0 unspecified atom stereocenters. The van der Waals surface area contributed by atoms with Gasteiger partial charge in [-0.2, -0.15) is 0 Å². The summed E-state index contributed by atoms with van der Waals surface area (Å²) in [4.78, 5) is 23.4. The van der Waals surface area contributed by atoms with Crippen LogP contribution in [0.3, 0.4) is 0 Å². The number of hydrogen-bond donors (Lipinski definition) is 2. The number of ether oxygens (including phenoxy) is 1. The summed E-state index contributed by atoms with van der Waals surface area (Å²) >= 11 is 0. The third-order valence-corrected chi connectivity index (χ3v) is 4.61. The molecule has 7 heteroatoms. The third-order valence-electron chi connectivity index (χ3n) is 4.61. The number of nitrogens with one attached hydrogen (secondary N) is 2. The Morgan fingerprint density at radius 3 is 2.74 bits per heavy atom. The molecule has 1 fully saturated rings. The van der Waals surface area contributed by atoms with Gasteiger partial charge < -0.3 is 15.4 Å². The average molecular weight is 369 g/mol. The van der Waals surface area contributed by atoms with Gasteiger partial charge in [0.15, 0.2) is 0 Å². The van der Waals surface area contributed by atoms with Crippen molar-refractivity contribution in [1.29, 1.82) is 0 Å². The van der Waals surface area contributed by atoms with Crippen molar-refractivity contribution in [2.24, 2.45) is 0 Å². The quantitative estimate of drug-likeness (QED) is 0.774. The molecule has 0 aliphatic carbocycles. The molecule has 2 N–H and O–H groups in total. The Hall–Kier alpha value is -2.51. The number of aryl methyl sites for hydroxylation is 2. The lowest BCUT2D eigenvalue weighted by molar-refractivity contribution is 0.0383. The number of hydrogen-bond acceptors (Lipinski definition) is 6. The zero-order valence-corrected chi connectivity index (χ0v) is 16.0. The predicted molar refractivity (Wildman–Crippen MR) is 105 cm³/mol. The van der Waals surface area contributed by atoms with Gasteiger partial charge in [-0.1, -0.05) is 24.3 Å². The van der Waals surface area contributed by atoms with Crippen molar-refractivity contribution >= 4 is 11.7 Å². The van der Waals surface area contributed by atoms with Crippen molar-refractivity contribution in [3.8, 4) is 0 Å². The fourth-order valence-electron chi connectivity index (χ4n) is 3.01. The molecule has 2 aromatic rings. The summed E-state index contributed by atoms with van der Waals surface area (Å²) < 4.78 is 5.33. The molecule has 0 bridgehead atoms. The first-order valence-corrected chi connectivity index (χ1v) is 9.34. The molecule has 2 heterocycles. The van der Waals surface area contributed by atoms with E-state index in [0.717, 1.165) is 32.8 Å². The van der Waals surface area contributed by atoms with Crippen LogP contribution in [-0.2, 0) is 11.3 Å². The molecule has 144 valence electrons. The van der Waals surface area contributed by atoms with E-state index in [4.69, 9.17) is 4.74 Å². The summed E-state index contributed by atoms with van der Waals surface area (Å²) in [5.41, 5.74) is 2.80. The second kappa shape index (κ2) is 9.43. The fourth-order valence-corrected chi connectivity index (χ4v) is 3.01. The second-order valence-corrected chi connectivity index (χ2v) is 6.68. The van der Waals surface area contributed by atoms with Gasteiger partial charge in [-0.05, 0) is 25.0 Å². The average Bonchev–Trinajstić information content (AvgIpc) is 2.68. The summed E-state index contributed by atoms with van der Waals surface area (Å²) in [6.07, 6.45) is 0. The van der Waals surface area contributed by atoms with Crippen LogP contribution in [0.5, 0.6) is 0 Å². The first kappa shape index (κ1) is 19.3. The topological polar surface area (TPSA) is 79.4 Å². The second-order valence-electron chi connectivity index (χ2n) is 6.68. The van der Waals surface area contributed by atoms with Gasteiger partial charge in [0.1, 0.15) is 17.3 Å². The molecule has 0 radical (unpaired) electrons. The molecule has 3 rings (SSSR count). The predicted octanol–water partition coefficient (Wildman–Crippen LogP) is 1.77. The number of carbonyl (C=O) groups excluding carboxylic acids is 1. The normalized spacial score (nSPS) is 14.7. The zero-order valence-electron chi connectivity index (χ0n) is 16.0. The molecular weight excluding hydrogens is 342 g/mol. The van der Waals surface area contributed by atoms with Crippen LogP contribution in [0.4, 0.5) is 5.82 Å². The maximum absolute atomic E-state index is 12.4. The highest BCUT2D eigenvalue weighted by atomic mass is 16.5. The monoisotopic (exact) mass is 369 g/mol. The minimum Gasteiger partial charge on any atom is -0.379 e. The Balaban J connectivity index is 1.55. The van der Waals surface area contributed by atoms with Crippen LogP contribution in [0.25, 0.3) is 0 Å². The van der Waals surface area contributed by atoms with Crippen LogP contribution in [0.15, 0.2) is 30.3 Å². The van der Waals surface area contributed by atoms with Crippen molar-refractivity contribution in [2.75, 3.05) is 44.7 Å². The molecule has 1 aromatic heterocycles. The summed E-state index contributed by atoms with van der Waals surface area (Å²) in [6, 6.07) is 9.90. The Bertz CT molecular complexity index is 775. The van der Waals surface area contributed by atoms with Gasteiger partial charge in [0.25, 0.3) is 5.91 Å².